The highest BCUT2D eigenvalue weighted by Gasteiger charge is 2.01. The summed E-state index contributed by atoms with van der Waals surface area (Å²) in [5.41, 5.74) is 0.335. The van der Waals surface area contributed by atoms with E-state index >= 15 is 0 Å². The van der Waals surface area contributed by atoms with Gasteiger partial charge in [0.1, 0.15) is 0 Å². The molecule has 0 N–H and O–H groups in total. The van der Waals surface area contributed by atoms with Gasteiger partial charge in [-0.25, -0.2) is 0 Å². The molecule has 58 valence electrons. The average Bonchev–Trinajstić information content (AvgIpc) is 1.78. The van der Waals surface area contributed by atoms with E-state index in [0.717, 1.165) is 6.42 Å². The summed E-state index contributed by atoms with van der Waals surface area (Å²) in [6, 6.07) is 0. The van der Waals surface area contributed by atoms with Crippen LogP contribution in [0.2, 0.25) is 0 Å². The van der Waals surface area contributed by atoms with Crippen molar-refractivity contribution in [2.45, 2.75) is 34.1 Å². The molecule has 0 radical (unpaired) electrons. The van der Waals surface area contributed by atoms with Gasteiger partial charge in [-0.2, -0.15) is 0 Å². The van der Waals surface area contributed by atoms with E-state index in [1.807, 2.05) is 6.92 Å². The lowest BCUT2D eigenvalue weighted by Crippen LogP contribution is -1.97. The molecule has 0 aliphatic heterocycles. The molecule has 0 aliphatic rings. The fourth-order valence-electron chi connectivity index (χ4n) is 0.636. The zero-order valence-corrected chi connectivity index (χ0v) is 7.52. The Morgan fingerprint density at radius 2 is 1.70 bits per heavy atom. The summed E-state index contributed by atoms with van der Waals surface area (Å²) in [4.78, 5) is 0. The molecule has 0 bridgehead atoms. The van der Waals surface area contributed by atoms with E-state index in [-0.39, 0.29) is 0 Å². The minimum atomic E-state index is 0.335. The Morgan fingerprint density at radius 3 is 2.10 bits per heavy atom. The largest absolute Gasteiger partial charge is 0.0914 e. The molecule has 0 saturated carbocycles. The number of allylic oxidation sites excluding steroid dienone is 4. The second-order valence-corrected chi connectivity index (χ2v) is 3.57. The molecule has 0 heteroatoms. The summed E-state index contributed by atoms with van der Waals surface area (Å²) in [5, 5.41) is 0. The van der Waals surface area contributed by atoms with Crippen molar-refractivity contribution in [2.24, 2.45) is 5.41 Å². The van der Waals surface area contributed by atoms with Crippen molar-refractivity contribution in [1.29, 1.82) is 0 Å². The van der Waals surface area contributed by atoms with Crippen LogP contribution >= 0.6 is 0 Å². The van der Waals surface area contributed by atoms with Gasteiger partial charge >= 0.3 is 0 Å². The van der Waals surface area contributed by atoms with E-state index in [4.69, 9.17) is 0 Å². The van der Waals surface area contributed by atoms with Gasteiger partial charge in [0.05, 0.1) is 0 Å². The maximum atomic E-state index is 2.24. The fourth-order valence-corrected chi connectivity index (χ4v) is 0.636. The van der Waals surface area contributed by atoms with Gasteiger partial charge < -0.3 is 0 Å². The fraction of sp³-hybridized carbons (Fsp3) is 0.600. The molecule has 0 spiro atoms. The third-order valence-electron chi connectivity index (χ3n) is 1.13. The maximum absolute atomic E-state index is 2.24. The Morgan fingerprint density at radius 1 is 1.10 bits per heavy atom. The smallest absolute Gasteiger partial charge is 0.0169 e. The first-order chi connectivity index (χ1) is 4.56. The van der Waals surface area contributed by atoms with Crippen molar-refractivity contribution < 1.29 is 0 Å². The highest BCUT2D eigenvalue weighted by Crippen LogP contribution is 2.14. The first-order valence-corrected chi connectivity index (χ1v) is 3.85. The van der Waals surface area contributed by atoms with E-state index in [0.29, 0.717) is 5.41 Å². The summed E-state index contributed by atoms with van der Waals surface area (Å²) in [6.07, 6.45) is 9.75. The topological polar surface area (TPSA) is 0 Å². The maximum Gasteiger partial charge on any atom is -0.0169 e. The molecule has 0 unspecified atom stereocenters. The molecule has 0 aliphatic carbocycles. The molecule has 0 aromatic carbocycles. The van der Waals surface area contributed by atoms with Crippen LogP contribution in [0.15, 0.2) is 24.3 Å². The second-order valence-electron chi connectivity index (χ2n) is 3.57. The molecule has 0 amide bonds. The first-order valence-electron chi connectivity index (χ1n) is 3.85. The van der Waals surface area contributed by atoms with Crippen LogP contribution in [0.25, 0.3) is 0 Å². The summed E-state index contributed by atoms with van der Waals surface area (Å²) < 4.78 is 0. The van der Waals surface area contributed by atoms with Gasteiger partial charge in [-0.3, -0.25) is 0 Å². The molecule has 0 fully saturated rings. The van der Waals surface area contributed by atoms with Crippen molar-refractivity contribution in [3.8, 4) is 0 Å². The highest BCUT2D eigenvalue weighted by molar-refractivity contribution is 4.96. The van der Waals surface area contributed by atoms with Crippen LogP contribution in [0.1, 0.15) is 34.1 Å². The average molecular weight is 138 g/mol. The van der Waals surface area contributed by atoms with Gasteiger partial charge in [-0.15, -0.1) is 0 Å². The quantitative estimate of drug-likeness (QED) is 0.512. The number of rotatable bonds is 2. The molecule has 0 atom stereocenters. The van der Waals surface area contributed by atoms with Crippen molar-refractivity contribution in [2.75, 3.05) is 0 Å². The van der Waals surface area contributed by atoms with Crippen LogP contribution in [0, 0.1) is 5.41 Å². The predicted octanol–water partition coefficient (Wildman–Crippen LogP) is 3.55. The van der Waals surface area contributed by atoms with Gasteiger partial charge in [0.25, 0.3) is 0 Å². The van der Waals surface area contributed by atoms with Crippen LogP contribution in [-0.4, -0.2) is 0 Å². The SMILES string of the molecule is C/C=C\C/C=C\C(C)(C)C. The van der Waals surface area contributed by atoms with Crippen molar-refractivity contribution in [3.63, 3.8) is 0 Å². The summed E-state index contributed by atoms with van der Waals surface area (Å²) >= 11 is 0. The van der Waals surface area contributed by atoms with Gasteiger partial charge in [0.2, 0.25) is 0 Å². The number of hydrogen-bond donors (Lipinski definition) is 0. The molecule has 0 saturated heterocycles. The zero-order chi connectivity index (χ0) is 8.04. The zero-order valence-electron chi connectivity index (χ0n) is 7.52. The summed E-state index contributed by atoms with van der Waals surface area (Å²) in [7, 11) is 0. The van der Waals surface area contributed by atoms with Gasteiger partial charge in [-0.05, 0) is 18.8 Å². The molecule has 0 aromatic rings. The lowest BCUT2D eigenvalue weighted by molar-refractivity contribution is 0.543. The Labute approximate surface area is 64.6 Å². The minimum absolute atomic E-state index is 0.335. The Bertz CT molecular complexity index is 121. The third-order valence-corrected chi connectivity index (χ3v) is 1.13. The monoisotopic (exact) mass is 138 g/mol. The highest BCUT2D eigenvalue weighted by atomic mass is 14.1. The van der Waals surface area contributed by atoms with Crippen molar-refractivity contribution >= 4 is 0 Å². The third kappa shape index (κ3) is 7.48. The van der Waals surface area contributed by atoms with Gasteiger partial charge in [0.15, 0.2) is 0 Å². The molecule has 0 rings (SSSR count). The second kappa shape index (κ2) is 4.32. The van der Waals surface area contributed by atoms with Crippen molar-refractivity contribution in [1.82, 2.24) is 0 Å². The van der Waals surface area contributed by atoms with E-state index in [2.05, 4.69) is 45.1 Å². The van der Waals surface area contributed by atoms with E-state index < -0.39 is 0 Å². The van der Waals surface area contributed by atoms with Crippen LogP contribution in [0.3, 0.4) is 0 Å². The molecule has 0 heterocycles. The Kier molecular flexibility index (Phi) is 4.10. The van der Waals surface area contributed by atoms with Crippen LogP contribution in [-0.2, 0) is 0 Å². The lowest BCUT2D eigenvalue weighted by Gasteiger charge is -2.10. The first kappa shape index (κ1) is 9.48. The normalized spacial score (nSPS) is 13.6. The van der Waals surface area contributed by atoms with Crippen LogP contribution in [0.4, 0.5) is 0 Å². The Balaban J connectivity index is 3.56. The lowest BCUT2D eigenvalue weighted by atomic mass is 9.96. The van der Waals surface area contributed by atoms with E-state index in [1.54, 1.807) is 0 Å². The van der Waals surface area contributed by atoms with Crippen LogP contribution in [0.5, 0.6) is 0 Å². The van der Waals surface area contributed by atoms with Gasteiger partial charge in [0, 0.05) is 0 Å². The minimum Gasteiger partial charge on any atom is -0.0914 e. The molecule has 0 nitrogen and oxygen atoms in total. The van der Waals surface area contributed by atoms with E-state index in [1.165, 1.54) is 0 Å². The Hall–Kier alpha value is -0.520. The summed E-state index contributed by atoms with van der Waals surface area (Å²) in [5.74, 6) is 0. The van der Waals surface area contributed by atoms with Crippen LogP contribution < -0.4 is 0 Å². The molecule has 0 aromatic heterocycles. The molecular weight excluding hydrogens is 120 g/mol. The molecular formula is C10H18. The van der Waals surface area contributed by atoms with E-state index in [9.17, 15) is 0 Å². The predicted molar refractivity (Wildman–Crippen MR) is 48.0 cm³/mol. The van der Waals surface area contributed by atoms with Crippen molar-refractivity contribution in [3.05, 3.63) is 24.3 Å². The summed E-state index contributed by atoms with van der Waals surface area (Å²) in [6.45, 7) is 8.67. The standard InChI is InChI=1S/C10H18/c1-5-6-7-8-9-10(2,3)4/h5-6,8-9H,7H2,1-4H3/b6-5-,9-8-. The number of hydrogen-bond acceptors (Lipinski definition) is 0. The molecule has 10 heavy (non-hydrogen) atoms. The van der Waals surface area contributed by atoms with Gasteiger partial charge in [-0.1, -0.05) is 45.1 Å².